The summed E-state index contributed by atoms with van der Waals surface area (Å²) in [4.78, 5) is 11.4. The van der Waals surface area contributed by atoms with Gasteiger partial charge in [-0.2, -0.15) is 5.06 Å². The number of carbonyl (C=O) groups excluding carboxylic acids is 1. The fourth-order valence-corrected chi connectivity index (χ4v) is 1.64. The third kappa shape index (κ3) is 1.97. The number of nitrogens with two attached hydrogens (primary N) is 1. The minimum absolute atomic E-state index is 0. The Bertz CT molecular complexity index is 411. The molecule has 1 aromatic carbocycles. The van der Waals surface area contributed by atoms with E-state index >= 15 is 0 Å². The lowest BCUT2D eigenvalue weighted by Crippen LogP contribution is -2.47. The van der Waals surface area contributed by atoms with Crippen molar-refractivity contribution >= 4 is 24.0 Å². The Hall–Kier alpha value is -1.30. The average Bonchev–Trinajstić information content (AvgIpc) is 2.26. The van der Waals surface area contributed by atoms with E-state index in [0.717, 1.165) is 5.56 Å². The molecule has 1 atom stereocenters. The molecule has 0 aromatic heterocycles. The van der Waals surface area contributed by atoms with Gasteiger partial charge in [0.25, 0.3) is 5.91 Å². The van der Waals surface area contributed by atoms with Gasteiger partial charge in [0.1, 0.15) is 5.75 Å². The Labute approximate surface area is 99.2 Å². The molecule has 3 N–H and O–H groups in total. The highest BCUT2D eigenvalue weighted by Gasteiger charge is 2.29. The number of hydrogen-bond acceptors (Lipinski definition) is 4. The number of nitrogens with zero attached hydrogens (tertiary/aromatic N) is 1. The van der Waals surface area contributed by atoms with Gasteiger partial charge in [0.15, 0.2) is 0 Å². The number of ether oxygens (including phenoxy) is 1. The lowest BCUT2D eigenvalue weighted by atomic mass is 9.99. The van der Waals surface area contributed by atoms with Gasteiger partial charge < -0.3 is 10.5 Å². The molecule has 2 rings (SSSR count). The van der Waals surface area contributed by atoms with Crippen molar-refractivity contribution in [1.82, 2.24) is 0 Å². The first-order valence-electron chi connectivity index (χ1n) is 4.59. The predicted molar refractivity (Wildman–Crippen MR) is 61.2 cm³/mol. The lowest BCUT2D eigenvalue weighted by Gasteiger charge is -2.27. The van der Waals surface area contributed by atoms with Crippen molar-refractivity contribution < 1.29 is 14.7 Å². The van der Waals surface area contributed by atoms with Gasteiger partial charge in [-0.05, 0) is 18.1 Å². The molecule has 88 valence electrons. The van der Waals surface area contributed by atoms with E-state index in [-0.39, 0.29) is 12.4 Å². The molecule has 6 heteroatoms. The standard InChI is InChI=1S/C10H12N2O3.ClH/c1-15-7-3-2-6-4-8(11)10(13)12(14)9(6)5-7;/h2-3,5,8,14H,4,11H2,1H3;1H. The maximum Gasteiger partial charge on any atom is 0.267 e. The average molecular weight is 245 g/mol. The van der Waals surface area contributed by atoms with Crippen LogP contribution in [0.4, 0.5) is 5.69 Å². The first-order chi connectivity index (χ1) is 7.13. The van der Waals surface area contributed by atoms with E-state index in [2.05, 4.69) is 0 Å². The molecule has 0 saturated heterocycles. The summed E-state index contributed by atoms with van der Waals surface area (Å²) in [7, 11) is 1.53. The van der Waals surface area contributed by atoms with Crippen LogP contribution < -0.4 is 15.5 Å². The maximum absolute atomic E-state index is 11.4. The number of benzene rings is 1. The second-order valence-corrected chi connectivity index (χ2v) is 3.46. The zero-order chi connectivity index (χ0) is 11.0. The van der Waals surface area contributed by atoms with Crippen LogP contribution in [0.5, 0.6) is 5.75 Å². The number of hydroxylamine groups is 1. The van der Waals surface area contributed by atoms with Crippen LogP contribution in [0.2, 0.25) is 0 Å². The third-order valence-electron chi connectivity index (χ3n) is 2.49. The van der Waals surface area contributed by atoms with Crippen molar-refractivity contribution in [3.05, 3.63) is 23.8 Å². The van der Waals surface area contributed by atoms with E-state index in [1.54, 1.807) is 18.2 Å². The number of fused-ring (bicyclic) bond motifs is 1. The molecular weight excluding hydrogens is 232 g/mol. The second-order valence-electron chi connectivity index (χ2n) is 3.46. The minimum atomic E-state index is -0.670. The largest absolute Gasteiger partial charge is 0.497 e. The van der Waals surface area contributed by atoms with Gasteiger partial charge in [-0.25, -0.2) is 0 Å². The molecular formula is C10H13ClN2O3. The monoisotopic (exact) mass is 244 g/mol. The predicted octanol–water partition coefficient (Wildman–Crippen LogP) is 0.723. The van der Waals surface area contributed by atoms with Crippen molar-refractivity contribution in [1.29, 1.82) is 0 Å². The number of anilines is 1. The van der Waals surface area contributed by atoms with Gasteiger partial charge in [-0.3, -0.25) is 10.0 Å². The first-order valence-corrected chi connectivity index (χ1v) is 4.59. The van der Waals surface area contributed by atoms with Gasteiger partial charge in [-0.1, -0.05) is 6.07 Å². The molecule has 1 aliphatic rings. The molecule has 5 nitrogen and oxygen atoms in total. The van der Waals surface area contributed by atoms with Crippen molar-refractivity contribution in [2.45, 2.75) is 12.5 Å². The number of carbonyl (C=O) groups is 1. The van der Waals surface area contributed by atoms with Crippen molar-refractivity contribution in [2.24, 2.45) is 5.73 Å². The highest BCUT2D eigenvalue weighted by molar-refractivity contribution is 5.98. The Balaban J connectivity index is 0.00000128. The summed E-state index contributed by atoms with van der Waals surface area (Å²) < 4.78 is 5.01. The third-order valence-corrected chi connectivity index (χ3v) is 2.49. The summed E-state index contributed by atoms with van der Waals surface area (Å²) in [6.45, 7) is 0. The fourth-order valence-electron chi connectivity index (χ4n) is 1.64. The number of halogens is 1. The molecule has 1 unspecified atom stereocenters. The van der Waals surface area contributed by atoms with Crippen LogP contribution in [0, 0.1) is 0 Å². The fraction of sp³-hybridized carbons (Fsp3) is 0.300. The Morgan fingerprint density at radius 3 is 2.88 bits per heavy atom. The summed E-state index contributed by atoms with van der Waals surface area (Å²) in [6, 6.07) is 4.51. The molecule has 0 fully saturated rings. The summed E-state index contributed by atoms with van der Waals surface area (Å²) in [5, 5.41) is 10.2. The van der Waals surface area contributed by atoms with Crippen LogP contribution in [0.1, 0.15) is 5.56 Å². The Morgan fingerprint density at radius 1 is 1.56 bits per heavy atom. The van der Waals surface area contributed by atoms with Crippen molar-refractivity contribution in [3.63, 3.8) is 0 Å². The second kappa shape index (κ2) is 4.69. The van der Waals surface area contributed by atoms with Gasteiger partial charge in [-0.15, -0.1) is 12.4 Å². The SMILES string of the molecule is COc1ccc2c(c1)N(O)C(=O)C(N)C2.Cl. The molecule has 0 radical (unpaired) electrons. The van der Waals surface area contributed by atoms with Gasteiger partial charge in [0.05, 0.1) is 18.8 Å². The van der Waals surface area contributed by atoms with E-state index in [4.69, 9.17) is 10.5 Å². The lowest BCUT2D eigenvalue weighted by molar-refractivity contribution is -0.125. The summed E-state index contributed by atoms with van der Waals surface area (Å²) >= 11 is 0. The van der Waals surface area contributed by atoms with E-state index < -0.39 is 11.9 Å². The molecule has 1 aromatic rings. The highest BCUT2D eigenvalue weighted by Crippen LogP contribution is 2.29. The van der Waals surface area contributed by atoms with Crippen LogP contribution in [0.25, 0.3) is 0 Å². The van der Waals surface area contributed by atoms with Crippen LogP contribution in [-0.2, 0) is 11.2 Å². The van der Waals surface area contributed by atoms with Gasteiger partial charge in [0, 0.05) is 6.07 Å². The summed E-state index contributed by atoms with van der Waals surface area (Å²) in [6.07, 6.45) is 0.440. The highest BCUT2D eigenvalue weighted by atomic mass is 35.5. The van der Waals surface area contributed by atoms with E-state index in [1.807, 2.05) is 0 Å². The van der Waals surface area contributed by atoms with Crippen LogP contribution in [0.15, 0.2) is 18.2 Å². The zero-order valence-corrected chi connectivity index (χ0v) is 9.53. The molecule has 0 aliphatic carbocycles. The van der Waals surface area contributed by atoms with Crippen molar-refractivity contribution in [3.8, 4) is 5.75 Å². The Kier molecular flexibility index (Phi) is 3.74. The number of amides is 1. The summed E-state index contributed by atoms with van der Waals surface area (Å²) in [5.41, 5.74) is 6.86. The molecule has 0 spiro atoms. The smallest absolute Gasteiger partial charge is 0.267 e. The Morgan fingerprint density at radius 2 is 2.25 bits per heavy atom. The number of methoxy groups -OCH3 is 1. The topological polar surface area (TPSA) is 75.8 Å². The molecule has 1 heterocycles. The van der Waals surface area contributed by atoms with Crippen molar-refractivity contribution in [2.75, 3.05) is 12.2 Å². The molecule has 0 saturated carbocycles. The molecule has 0 bridgehead atoms. The molecule has 1 amide bonds. The van der Waals surface area contributed by atoms with Crippen LogP contribution in [0.3, 0.4) is 0 Å². The van der Waals surface area contributed by atoms with Crippen LogP contribution >= 0.6 is 12.4 Å². The first kappa shape index (κ1) is 12.8. The maximum atomic E-state index is 11.4. The number of hydrogen-bond donors (Lipinski definition) is 2. The molecule has 1 aliphatic heterocycles. The molecule has 16 heavy (non-hydrogen) atoms. The normalized spacial score (nSPS) is 18.8. The zero-order valence-electron chi connectivity index (χ0n) is 8.71. The van der Waals surface area contributed by atoms with Gasteiger partial charge >= 0.3 is 0 Å². The van der Waals surface area contributed by atoms with Crippen LogP contribution in [-0.4, -0.2) is 24.3 Å². The number of rotatable bonds is 1. The van der Waals surface area contributed by atoms with Gasteiger partial charge in [0.2, 0.25) is 0 Å². The quantitative estimate of drug-likeness (QED) is 0.714. The van der Waals surface area contributed by atoms with E-state index in [9.17, 15) is 10.0 Å². The van der Waals surface area contributed by atoms with E-state index in [0.29, 0.717) is 22.9 Å². The van der Waals surface area contributed by atoms with E-state index in [1.165, 1.54) is 7.11 Å². The summed E-state index contributed by atoms with van der Waals surface area (Å²) in [5.74, 6) is 0.104. The minimum Gasteiger partial charge on any atom is -0.497 e.